The van der Waals surface area contributed by atoms with E-state index in [1.54, 1.807) is 4.90 Å². The van der Waals surface area contributed by atoms with Gasteiger partial charge in [-0.3, -0.25) is 9.59 Å². The Morgan fingerprint density at radius 3 is 2.82 bits per heavy atom. The van der Waals surface area contributed by atoms with Crippen molar-refractivity contribution in [3.63, 3.8) is 0 Å². The van der Waals surface area contributed by atoms with Gasteiger partial charge in [0.2, 0.25) is 5.91 Å². The Morgan fingerprint density at radius 2 is 2.09 bits per heavy atom. The number of amides is 2. The number of para-hydroxylation sites is 2. The quantitative estimate of drug-likeness (QED) is 0.787. The summed E-state index contributed by atoms with van der Waals surface area (Å²) in [6, 6.07) is 7.47. The maximum absolute atomic E-state index is 12.5. The average molecular weight is 304 g/mol. The molecular weight excluding hydrogens is 280 g/mol. The van der Waals surface area contributed by atoms with Gasteiger partial charge in [-0.15, -0.1) is 0 Å². The molecule has 1 unspecified atom stereocenters. The van der Waals surface area contributed by atoms with Gasteiger partial charge in [0.05, 0.1) is 5.69 Å². The molecule has 2 amide bonds. The number of fused-ring (bicyclic) bond motifs is 1. The predicted octanol–water partition coefficient (Wildman–Crippen LogP) is 2.50. The van der Waals surface area contributed by atoms with Gasteiger partial charge in [-0.2, -0.15) is 0 Å². The lowest BCUT2D eigenvalue weighted by molar-refractivity contribution is -0.126. The molecule has 0 radical (unpaired) electrons. The number of ether oxygens (including phenoxy) is 1. The number of nitrogens with zero attached hydrogens (tertiary/aromatic N) is 1. The normalized spacial score (nSPS) is 16.9. The summed E-state index contributed by atoms with van der Waals surface area (Å²) >= 11 is 0. The van der Waals surface area contributed by atoms with Crippen molar-refractivity contribution >= 4 is 17.5 Å². The zero-order chi connectivity index (χ0) is 15.9. The van der Waals surface area contributed by atoms with Crippen LogP contribution in [0, 0.1) is 0 Å². The lowest BCUT2D eigenvalue weighted by Gasteiger charge is -2.33. The summed E-state index contributed by atoms with van der Waals surface area (Å²) in [6.45, 7) is 5.08. The number of carbonyl (C=O) groups excluding carboxylic acids is 2. The van der Waals surface area contributed by atoms with E-state index in [9.17, 15) is 9.59 Å². The van der Waals surface area contributed by atoms with Crippen LogP contribution in [0.4, 0.5) is 5.69 Å². The fraction of sp³-hybridized carbons (Fsp3) is 0.529. The molecule has 1 aliphatic heterocycles. The van der Waals surface area contributed by atoms with Crippen LogP contribution in [-0.4, -0.2) is 31.0 Å². The Balaban J connectivity index is 2.02. The molecule has 0 spiro atoms. The summed E-state index contributed by atoms with van der Waals surface area (Å²) in [5, 5.41) is 2.88. The van der Waals surface area contributed by atoms with Gasteiger partial charge in [0.1, 0.15) is 5.75 Å². The van der Waals surface area contributed by atoms with Gasteiger partial charge >= 0.3 is 0 Å². The predicted molar refractivity (Wildman–Crippen MR) is 86.0 cm³/mol. The molecule has 0 saturated carbocycles. The van der Waals surface area contributed by atoms with Gasteiger partial charge in [0.25, 0.3) is 5.91 Å². The second kappa shape index (κ2) is 7.82. The molecule has 1 atom stereocenters. The van der Waals surface area contributed by atoms with Gasteiger partial charge in [-0.05, 0) is 25.0 Å². The van der Waals surface area contributed by atoms with Crippen LogP contribution in [0.25, 0.3) is 0 Å². The Kier molecular flexibility index (Phi) is 5.81. The lowest BCUT2D eigenvalue weighted by Crippen LogP contribution is -2.46. The number of unbranched alkanes of at least 4 members (excludes halogenated alkanes) is 1. The fourth-order valence-electron chi connectivity index (χ4n) is 2.47. The van der Waals surface area contributed by atoms with Gasteiger partial charge in [-0.1, -0.05) is 32.4 Å². The molecule has 5 heteroatoms. The smallest absolute Gasteiger partial charge is 0.268 e. The first-order valence-electron chi connectivity index (χ1n) is 8.01. The molecule has 1 heterocycles. The lowest BCUT2D eigenvalue weighted by atomic mass is 10.1. The molecule has 0 saturated heterocycles. The van der Waals surface area contributed by atoms with E-state index in [2.05, 4.69) is 12.2 Å². The topological polar surface area (TPSA) is 58.6 Å². The SMILES string of the molecule is CCCCNC(=O)CCN1C(=O)C(CC)Oc2ccccc21. The Morgan fingerprint density at radius 1 is 1.32 bits per heavy atom. The van der Waals surface area contributed by atoms with Gasteiger partial charge in [0.15, 0.2) is 6.10 Å². The maximum Gasteiger partial charge on any atom is 0.268 e. The Labute approximate surface area is 131 Å². The first-order valence-corrected chi connectivity index (χ1v) is 8.01. The largest absolute Gasteiger partial charge is 0.478 e. The van der Waals surface area contributed by atoms with Crippen LogP contribution in [0.15, 0.2) is 24.3 Å². The first kappa shape index (κ1) is 16.3. The molecule has 0 bridgehead atoms. The highest BCUT2D eigenvalue weighted by Gasteiger charge is 2.32. The molecule has 1 aromatic carbocycles. The maximum atomic E-state index is 12.5. The minimum atomic E-state index is -0.460. The highest BCUT2D eigenvalue weighted by atomic mass is 16.5. The van der Waals surface area contributed by atoms with Crippen molar-refractivity contribution < 1.29 is 14.3 Å². The van der Waals surface area contributed by atoms with E-state index < -0.39 is 6.10 Å². The second-order valence-corrected chi connectivity index (χ2v) is 5.43. The van der Waals surface area contributed by atoms with Gasteiger partial charge in [0, 0.05) is 19.5 Å². The molecule has 1 N–H and O–H groups in total. The summed E-state index contributed by atoms with van der Waals surface area (Å²) in [5.74, 6) is 0.626. The molecule has 0 fully saturated rings. The van der Waals surface area contributed by atoms with Crippen LogP contribution < -0.4 is 15.0 Å². The van der Waals surface area contributed by atoms with E-state index in [4.69, 9.17) is 4.74 Å². The Hall–Kier alpha value is -2.04. The average Bonchev–Trinajstić information content (AvgIpc) is 2.53. The van der Waals surface area contributed by atoms with E-state index >= 15 is 0 Å². The zero-order valence-electron chi connectivity index (χ0n) is 13.3. The standard InChI is InChI=1S/C17H24N2O3/c1-3-5-11-18-16(20)10-12-19-13-8-6-7-9-15(13)22-14(4-2)17(19)21/h6-9,14H,3-5,10-12H2,1-2H3,(H,18,20). The zero-order valence-corrected chi connectivity index (χ0v) is 13.3. The molecule has 1 aliphatic rings. The van der Waals surface area contributed by atoms with E-state index in [1.165, 1.54) is 0 Å². The van der Waals surface area contributed by atoms with Crippen LogP contribution >= 0.6 is 0 Å². The number of hydrogen-bond acceptors (Lipinski definition) is 3. The Bertz CT molecular complexity index is 530. The summed E-state index contributed by atoms with van der Waals surface area (Å²) in [4.78, 5) is 26.0. The van der Waals surface area contributed by atoms with Gasteiger partial charge in [-0.25, -0.2) is 0 Å². The third kappa shape index (κ3) is 3.78. The number of rotatable bonds is 7. The van der Waals surface area contributed by atoms with Crippen molar-refractivity contribution in [2.45, 2.75) is 45.6 Å². The van der Waals surface area contributed by atoms with Crippen LogP contribution in [-0.2, 0) is 9.59 Å². The minimum Gasteiger partial charge on any atom is -0.478 e. The van der Waals surface area contributed by atoms with Crippen molar-refractivity contribution in [1.82, 2.24) is 5.32 Å². The second-order valence-electron chi connectivity index (χ2n) is 5.43. The number of nitrogens with one attached hydrogen (secondary N) is 1. The molecule has 120 valence electrons. The highest BCUT2D eigenvalue weighted by molar-refractivity contribution is 6.00. The van der Waals surface area contributed by atoms with Crippen molar-refractivity contribution in [1.29, 1.82) is 0 Å². The molecule has 2 rings (SSSR count). The molecule has 0 aliphatic carbocycles. The summed E-state index contributed by atoms with van der Waals surface area (Å²) in [7, 11) is 0. The van der Waals surface area contributed by atoms with Crippen LogP contribution in [0.1, 0.15) is 39.5 Å². The number of hydrogen-bond donors (Lipinski definition) is 1. The number of benzene rings is 1. The van der Waals surface area contributed by atoms with Crippen LogP contribution in [0.2, 0.25) is 0 Å². The third-order valence-electron chi connectivity index (χ3n) is 3.75. The van der Waals surface area contributed by atoms with Crippen LogP contribution in [0.5, 0.6) is 5.75 Å². The fourth-order valence-corrected chi connectivity index (χ4v) is 2.47. The number of anilines is 1. The molecular formula is C17H24N2O3. The third-order valence-corrected chi connectivity index (χ3v) is 3.75. The molecule has 5 nitrogen and oxygen atoms in total. The van der Waals surface area contributed by atoms with Crippen molar-refractivity contribution in [2.75, 3.05) is 18.0 Å². The monoisotopic (exact) mass is 304 g/mol. The van der Waals surface area contributed by atoms with Crippen molar-refractivity contribution in [3.8, 4) is 5.75 Å². The summed E-state index contributed by atoms with van der Waals surface area (Å²) < 4.78 is 5.72. The minimum absolute atomic E-state index is 0.0155. The van der Waals surface area contributed by atoms with E-state index in [-0.39, 0.29) is 11.8 Å². The van der Waals surface area contributed by atoms with E-state index in [0.29, 0.717) is 31.7 Å². The molecule has 0 aromatic heterocycles. The van der Waals surface area contributed by atoms with Gasteiger partial charge < -0.3 is 15.0 Å². The van der Waals surface area contributed by atoms with E-state index in [1.807, 2.05) is 31.2 Å². The van der Waals surface area contributed by atoms with Crippen molar-refractivity contribution in [3.05, 3.63) is 24.3 Å². The molecule has 22 heavy (non-hydrogen) atoms. The first-order chi connectivity index (χ1) is 10.7. The highest BCUT2D eigenvalue weighted by Crippen LogP contribution is 2.34. The van der Waals surface area contributed by atoms with Crippen molar-refractivity contribution in [2.24, 2.45) is 0 Å². The number of carbonyl (C=O) groups is 2. The summed E-state index contributed by atoms with van der Waals surface area (Å²) in [6.07, 6.45) is 2.49. The van der Waals surface area contributed by atoms with E-state index in [0.717, 1.165) is 18.5 Å². The summed E-state index contributed by atoms with van der Waals surface area (Å²) in [5.41, 5.74) is 0.749. The van der Waals surface area contributed by atoms with Crippen LogP contribution in [0.3, 0.4) is 0 Å². The molecule has 1 aromatic rings.